The Labute approximate surface area is 96.1 Å². The van der Waals surface area contributed by atoms with Gasteiger partial charge in [0.15, 0.2) is 0 Å². The molecule has 0 radical (unpaired) electrons. The van der Waals surface area contributed by atoms with Gasteiger partial charge < -0.3 is 5.32 Å². The van der Waals surface area contributed by atoms with Crippen molar-refractivity contribution >= 4 is 17.2 Å². The molecule has 2 N–H and O–H groups in total. The molecule has 0 spiro atoms. The standard InChI is InChI=1S/C9H11N5OS/c1-6-12-8(14-13-6)9(15)11-3-2-7-10-4-5-16-7/h4-5H,2-3H2,1H3,(H,11,15)(H,12,13,14). The zero-order valence-electron chi connectivity index (χ0n) is 8.73. The summed E-state index contributed by atoms with van der Waals surface area (Å²) < 4.78 is 0. The molecule has 0 bridgehead atoms. The van der Waals surface area contributed by atoms with Crippen LogP contribution in [0.4, 0.5) is 0 Å². The Balaban J connectivity index is 1.80. The van der Waals surface area contributed by atoms with Crippen molar-refractivity contribution in [1.82, 2.24) is 25.5 Å². The van der Waals surface area contributed by atoms with Crippen LogP contribution in [0.1, 0.15) is 21.5 Å². The van der Waals surface area contributed by atoms with Gasteiger partial charge in [0.2, 0.25) is 5.82 Å². The maximum absolute atomic E-state index is 11.5. The summed E-state index contributed by atoms with van der Waals surface area (Å²) >= 11 is 1.57. The number of rotatable bonds is 4. The number of carbonyl (C=O) groups excluding carboxylic acids is 1. The van der Waals surface area contributed by atoms with Gasteiger partial charge in [-0.05, 0) is 6.92 Å². The van der Waals surface area contributed by atoms with Gasteiger partial charge in [0, 0.05) is 24.5 Å². The van der Waals surface area contributed by atoms with Crippen LogP contribution in [0.3, 0.4) is 0 Å². The van der Waals surface area contributed by atoms with Gasteiger partial charge >= 0.3 is 0 Å². The van der Waals surface area contributed by atoms with Crippen molar-refractivity contribution in [2.24, 2.45) is 0 Å². The summed E-state index contributed by atoms with van der Waals surface area (Å²) in [5.41, 5.74) is 0. The molecule has 0 aliphatic heterocycles. The van der Waals surface area contributed by atoms with Crippen LogP contribution in [0.2, 0.25) is 0 Å². The van der Waals surface area contributed by atoms with Gasteiger partial charge in [0.25, 0.3) is 5.91 Å². The van der Waals surface area contributed by atoms with Crippen molar-refractivity contribution in [2.45, 2.75) is 13.3 Å². The first kappa shape index (κ1) is 10.7. The summed E-state index contributed by atoms with van der Waals surface area (Å²) in [6.45, 7) is 2.29. The van der Waals surface area contributed by atoms with Gasteiger partial charge in [-0.3, -0.25) is 9.89 Å². The lowest BCUT2D eigenvalue weighted by Gasteiger charge is -1.99. The van der Waals surface area contributed by atoms with Crippen LogP contribution in [-0.2, 0) is 6.42 Å². The predicted octanol–water partition coefficient (Wildman–Crippen LogP) is 0.542. The first-order valence-electron chi connectivity index (χ1n) is 4.81. The lowest BCUT2D eigenvalue weighted by molar-refractivity contribution is 0.0944. The maximum Gasteiger partial charge on any atom is 0.290 e. The lowest BCUT2D eigenvalue weighted by Crippen LogP contribution is -2.26. The van der Waals surface area contributed by atoms with Crippen LogP contribution >= 0.6 is 11.3 Å². The summed E-state index contributed by atoms with van der Waals surface area (Å²) in [6.07, 6.45) is 2.48. The molecule has 2 aromatic heterocycles. The average Bonchev–Trinajstić information content (AvgIpc) is 2.89. The summed E-state index contributed by atoms with van der Waals surface area (Å²) in [7, 11) is 0. The fourth-order valence-corrected chi connectivity index (χ4v) is 1.80. The monoisotopic (exact) mass is 237 g/mol. The van der Waals surface area contributed by atoms with Crippen molar-refractivity contribution in [3.05, 3.63) is 28.2 Å². The van der Waals surface area contributed by atoms with Crippen molar-refractivity contribution in [2.75, 3.05) is 6.54 Å². The number of aromatic amines is 1. The summed E-state index contributed by atoms with van der Waals surface area (Å²) in [5.74, 6) is 0.544. The number of hydrogen-bond acceptors (Lipinski definition) is 5. The largest absolute Gasteiger partial charge is 0.349 e. The lowest BCUT2D eigenvalue weighted by atomic mass is 10.4. The first-order valence-corrected chi connectivity index (χ1v) is 5.69. The van der Waals surface area contributed by atoms with Crippen LogP contribution in [0.25, 0.3) is 0 Å². The van der Waals surface area contributed by atoms with Gasteiger partial charge in [-0.1, -0.05) is 0 Å². The van der Waals surface area contributed by atoms with Crippen LogP contribution in [0, 0.1) is 6.92 Å². The van der Waals surface area contributed by atoms with Gasteiger partial charge in [0.05, 0.1) is 5.01 Å². The molecule has 2 rings (SSSR count). The third-order valence-electron chi connectivity index (χ3n) is 1.91. The minimum Gasteiger partial charge on any atom is -0.349 e. The molecule has 0 saturated heterocycles. The van der Waals surface area contributed by atoms with E-state index in [0.717, 1.165) is 11.4 Å². The molecule has 0 fully saturated rings. The summed E-state index contributed by atoms with van der Waals surface area (Å²) in [4.78, 5) is 19.6. The number of carbonyl (C=O) groups is 1. The molecule has 0 unspecified atom stereocenters. The third kappa shape index (κ3) is 2.63. The van der Waals surface area contributed by atoms with Crippen molar-refractivity contribution < 1.29 is 4.79 Å². The minimum absolute atomic E-state index is 0.177. The second kappa shape index (κ2) is 4.84. The normalized spacial score (nSPS) is 10.3. The van der Waals surface area contributed by atoms with E-state index < -0.39 is 0 Å². The van der Waals surface area contributed by atoms with E-state index in [-0.39, 0.29) is 11.7 Å². The van der Waals surface area contributed by atoms with Gasteiger partial charge in [-0.2, -0.15) is 0 Å². The Kier molecular flexibility index (Phi) is 3.25. The molecule has 1 amide bonds. The highest BCUT2D eigenvalue weighted by atomic mass is 32.1. The average molecular weight is 237 g/mol. The Hall–Kier alpha value is -1.76. The second-order valence-corrected chi connectivity index (χ2v) is 4.16. The molecule has 2 aromatic rings. The van der Waals surface area contributed by atoms with Crippen LogP contribution in [0.5, 0.6) is 0 Å². The fourth-order valence-electron chi connectivity index (χ4n) is 1.18. The van der Waals surface area contributed by atoms with Crippen LogP contribution in [0.15, 0.2) is 11.6 Å². The molecule has 16 heavy (non-hydrogen) atoms. The number of H-pyrrole nitrogens is 1. The molecule has 0 aliphatic carbocycles. The number of amides is 1. The Morgan fingerprint density at radius 1 is 1.62 bits per heavy atom. The van der Waals surface area contributed by atoms with E-state index in [0.29, 0.717) is 12.4 Å². The molecular formula is C9H11N5OS. The molecule has 7 heteroatoms. The molecule has 0 atom stereocenters. The zero-order valence-corrected chi connectivity index (χ0v) is 9.54. The predicted molar refractivity (Wildman–Crippen MR) is 59.3 cm³/mol. The van der Waals surface area contributed by atoms with Crippen LogP contribution < -0.4 is 5.32 Å². The maximum atomic E-state index is 11.5. The highest BCUT2D eigenvalue weighted by Gasteiger charge is 2.10. The Bertz CT molecular complexity index is 464. The van der Waals surface area contributed by atoms with Gasteiger partial charge in [0.1, 0.15) is 5.82 Å². The van der Waals surface area contributed by atoms with E-state index in [1.54, 1.807) is 24.5 Å². The number of nitrogens with zero attached hydrogens (tertiary/aromatic N) is 3. The summed E-state index contributed by atoms with van der Waals surface area (Å²) in [5, 5.41) is 12.0. The van der Waals surface area contributed by atoms with E-state index in [2.05, 4.69) is 25.5 Å². The quantitative estimate of drug-likeness (QED) is 0.813. The highest BCUT2D eigenvalue weighted by Crippen LogP contribution is 2.03. The molecule has 0 aliphatic rings. The fraction of sp³-hybridized carbons (Fsp3) is 0.333. The number of aryl methyl sites for hydroxylation is 1. The van der Waals surface area contributed by atoms with Crippen molar-refractivity contribution in [3.8, 4) is 0 Å². The molecule has 0 aromatic carbocycles. The molecule has 2 heterocycles. The number of nitrogens with one attached hydrogen (secondary N) is 2. The Morgan fingerprint density at radius 2 is 2.50 bits per heavy atom. The van der Waals surface area contributed by atoms with Gasteiger partial charge in [-0.25, -0.2) is 9.97 Å². The molecule has 0 saturated carbocycles. The zero-order chi connectivity index (χ0) is 11.4. The first-order chi connectivity index (χ1) is 7.75. The molecular weight excluding hydrogens is 226 g/mol. The van der Waals surface area contributed by atoms with Crippen molar-refractivity contribution in [1.29, 1.82) is 0 Å². The van der Waals surface area contributed by atoms with E-state index in [1.807, 2.05) is 5.38 Å². The second-order valence-electron chi connectivity index (χ2n) is 3.18. The van der Waals surface area contributed by atoms with E-state index in [4.69, 9.17) is 0 Å². The molecule has 84 valence electrons. The number of thiazole rings is 1. The minimum atomic E-state index is -0.263. The van der Waals surface area contributed by atoms with E-state index in [1.165, 1.54) is 0 Å². The van der Waals surface area contributed by atoms with Gasteiger partial charge in [-0.15, -0.1) is 16.4 Å². The molecule has 6 nitrogen and oxygen atoms in total. The summed E-state index contributed by atoms with van der Waals surface area (Å²) in [6, 6.07) is 0. The smallest absolute Gasteiger partial charge is 0.290 e. The van der Waals surface area contributed by atoms with Crippen molar-refractivity contribution in [3.63, 3.8) is 0 Å². The highest BCUT2D eigenvalue weighted by molar-refractivity contribution is 7.09. The van der Waals surface area contributed by atoms with Crippen LogP contribution in [-0.4, -0.2) is 32.6 Å². The third-order valence-corrected chi connectivity index (χ3v) is 2.75. The SMILES string of the molecule is Cc1nc(C(=O)NCCc2nccs2)n[nH]1. The number of aromatic nitrogens is 4. The van der Waals surface area contributed by atoms with E-state index in [9.17, 15) is 4.79 Å². The Morgan fingerprint density at radius 3 is 3.12 bits per heavy atom. The van der Waals surface area contributed by atoms with E-state index >= 15 is 0 Å². The topological polar surface area (TPSA) is 83.6 Å². The number of hydrogen-bond donors (Lipinski definition) is 2.